The molecule has 0 amide bonds. The lowest BCUT2D eigenvalue weighted by Gasteiger charge is -2.05. The van der Waals surface area contributed by atoms with Crippen molar-refractivity contribution in [3.05, 3.63) is 23.5 Å². The summed E-state index contributed by atoms with van der Waals surface area (Å²) in [6, 6.07) is 2.31. The molecule has 5 heteroatoms. The van der Waals surface area contributed by atoms with Crippen LogP contribution in [0.15, 0.2) is 17.0 Å². The highest BCUT2D eigenvalue weighted by atomic mass is 32.2. The number of thioether (sulfide) groups is 1. The molecule has 14 heavy (non-hydrogen) atoms. The van der Waals surface area contributed by atoms with E-state index < -0.39 is 11.8 Å². The number of halogens is 1. The Bertz CT molecular complexity index is 368. The van der Waals surface area contributed by atoms with Crippen molar-refractivity contribution in [1.29, 1.82) is 0 Å². The zero-order valence-corrected chi connectivity index (χ0v) is 8.40. The van der Waals surface area contributed by atoms with Crippen molar-refractivity contribution in [2.45, 2.75) is 11.8 Å². The number of nitrogen functional groups attached to an aromatic ring is 1. The molecule has 0 spiro atoms. The van der Waals surface area contributed by atoms with Crippen LogP contribution in [0, 0.1) is 5.82 Å². The molecule has 0 radical (unpaired) electrons. The third-order valence-corrected chi connectivity index (χ3v) is 2.55. The maximum absolute atomic E-state index is 13.2. The lowest BCUT2D eigenvalue weighted by atomic mass is 10.2. The van der Waals surface area contributed by atoms with Gasteiger partial charge in [0.1, 0.15) is 5.82 Å². The van der Waals surface area contributed by atoms with Crippen LogP contribution in [0.3, 0.4) is 0 Å². The third-order valence-electron chi connectivity index (χ3n) is 1.63. The van der Waals surface area contributed by atoms with Gasteiger partial charge in [-0.2, -0.15) is 0 Å². The van der Waals surface area contributed by atoms with E-state index in [1.807, 2.05) is 6.92 Å². The Balaban J connectivity index is 3.20. The lowest BCUT2D eigenvalue weighted by molar-refractivity contribution is 0.0697. The highest BCUT2D eigenvalue weighted by Gasteiger charge is 2.12. The first-order chi connectivity index (χ1) is 6.56. The van der Waals surface area contributed by atoms with Gasteiger partial charge in [0.15, 0.2) is 0 Å². The SMILES string of the molecule is CCSc1cc(C(=O)O)c(N)cc1F. The highest BCUT2D eigenvalue weighted by Crippen LogP contribution is 2.26. The summed E-state index contributed by atoms with van der Waals surface area (Å²) < 4.78 is 13.2. The van der Waals surface area contributed by atoms with Crippen LogP contribution in [0.4, 0.5) is 10.1 Å². The van der Waals surface area contributed by atoms with Crippen molar-refractivity contribution in [3.63, 3.8) is 0 Å². The normalized spacial score (nSPS) is 10.1. The van der Waals surface area contributed by atoms with Crippen LogP contribution in [0.5, 0.6) is 0 Å². The fourth-order valence-electron chi connectivity index (χ4n) is 1.02. The van der Waals surface area contributed by atoms with E-state index in [0.29, 0.717) is 10.6 Å². The molecule has 0 heterocycles. The number of benzene rings is 1. The number of anilines is 1. The van der Waals surface area contributed by atoms with Crippen molar-refractivity contribution in [3.8, 4) is 0 Å². The topological polar surface area (TPSA) is 63.3 Å². The number of aromatic carboxylic acids is 1. The van der Waals surface area contributed by atoms with Crippen LogP contribution in [0.25, 0.3) is 0 Å². The Kier molecular flexibility index (Phi) is 3.35. The molecule has 3 nitrogen and oxygen atoms in total. The van der Waals surface area contributed by atoms with Gasteiger partial charge in [-0.25, -0.2) is 9.18 Å². The van der Waals surface area contributed by atoms with Gasteiger partial charge in [-0.1, -0.05) is 6.92 Å². The zero-order chi connectivity index (χ0) is 10.7. The average Bonchev–Trinajstić information content (AvgIpc) is 2.09. The predicted octanol–water partition coefficient (Wildman–Crippen LogP) is 2.22. The van der Waals surface area contributed by atoms with E-state index in [4.69, 9.17) is 10.8 Å². The first-order valence-electron chi connectivity index (χ1n) is 4.01. The molecular formula is C9H10FNO2S. The smallest absolute Gasteiger partial charge is 0.337 e. The van der Waals surface area contributed by atoms with Gasteiger partial charge in [-0.3, -0.25) is 0 Å². The van der Waals surface area contributed by atoms with Crippen molar-refractivity contribution in [2.24, 2.45) is 0 Å². The second-order valence-electron chi connectivity index (χ2n) is 2.61. The molecule has 0 saturated carbocycles. The maximum Gasteiger partial charge on any atom is 0.337 e. The molecule has 3 N–H and O–H groups in total. The summed E-state index contributed by atoms with van der Waals surface area (Å²) in [6.45, 7) is 1.86. The van der Waals surface area contributed by atoms with E-state index >= 15 is 0 Å². The first-order valence-corrected chi connectivity index (χ1v) is 5.00. The summed E-state index contributed by atoms with van der Waals surface area (Å²) in [5, 5.41) is 8.74. The second kappa shape index (κ2) is 4.32. The van der Waals surface area contributed by atoms with Crippen LogP contribution in [-0.2, 0) is 0 Å². The molecule has 0 aliphatic heterocycles. The monoisotopic (exact) mass is 215 g/mol. The quantitative estimate of drug-likeness (QED) is 0.599. The molecule has 0 bridgehead atoms. The summed E-state index contributed by atoms with van der Waals surface area (Å²) in [4.78, 5) is 11.0. The Hall–Kier alpha value is -1.23. The third kappa shape index (κ3) is 2.17. The van der Waals surface area contributed by atoms with Gasteiger partial charge in [-0.05, 0) is 17.9 Å². The molecule has 1 aromatic rings. The van der Waals surface area contributed by atoms with E-state index in [1.54, 1.807) is 0 Å². The molecule has 1 rings (SSSR count). The van der Waals surface area contributed by atoms with Crippen LogP contribution in [-0.4, -0.2) is 16.8 Å². The van der Waals surface area contributed by atoms with Gasteiger partial charge in [0.25, 0.3) is 0 Å². The van der Waals surface area contributed by atoms with Crippen LogP contribution < -0.4 is 5.73 Å². The summed E-state index contributed by atoms with van der Waals surface area (Å²) in [6.07, 6.45) is 0. The minimum Gasteiger partial charge on any atom is -0.478 e. The Morgan fingerprint density at radius 3 is 2.79 bits per heavy atom. The van der Waals surface area contributed by atoms with E-state index in [2.05, 4.69) is 0 Å². The van der Waals surface area contributed by atoms with E-state index in [1.165, 1.54) is 17.8 Å². The molecule has 0 saturated heterocycles. The highest BCUT2D eigenvalue weighted by molar-refractivity contribution is 7.99. The number of rotatable bonds is 3. The average molecular weight is 215 g/mol. The lowest BCUT2D eigenvalue weighted by Crippen LogP contribution is -2.03. The van der Waals surface area contributed by atoms with Crippen molar-refractivity contribution in [2.75, 3.05) is 11.5 Å². The maximum atomic E-state index is 13.2. The fraction of sp³-hybridized carbons (Fsp3) is 0.222. The minimum atomic E-state index is -1.14. The van der Waals surface area contributed by atoms with Crippen molar-refractivity contribution in [1.82, 2.24) is 0 Å². The van der Waals surface area contributed by atoms with Gasteiger partial charge in [0.05, 0.1) is 5.56 Å². The molecule has 0 aliphatic carbocycles. The molecule has 0 aromatic heterocycles. The van der Waals surface area contributed by atoms with E-state index in [-0.39, 0.29) is 11.3 Å². The molecule has 0 unspecified atom stereocenters. The second-order valence-corrected chi connectivity index (χ2v) is 3.91. The molecule has 0 aliphatic rings. The summed E-state index contributed by atoms with van der Waals surface area (Å²) in [5.74, 6) is -0.931. The number of carbonyl (C=O) groups is 1. The van der Waals surface area contributed by atoms with Gasteiger partial charge in [0, 0.05) is 10.6 Å². The van der Waals surface area contributed by atoms with Crippen LogP contribution in [0.1, 0.15) is 17.3 Å². The Labute approximate surface area is 85.1 Å². The summed E-state index contributed by atoms with van der Waals surface area (Å²) in [5.41, 5.74) is 5.26. The Morgan fingerprint density at radius 2 is 2.29 bits per heavy atom. The Morgan fingerprint density at radius 1 is 1.64 bits per heavy atom. The van der Waals surface area contributed by atoms with E-state index in [9.17, 15) is 9.18 Å². The number of hydrogen-bond acceptors (Lipinski definition) is 3. The molecule has 0 fully saturated rings. The number of hydrogen-bond donors (Lipinski definition) is 2. The van der Waals surface area contributed by atoms with E-state index in [0.717, 1.165) is 6.07 Å². The molecular weight excluding hydrogens is 205 g/mol. The standard InChI is InChI=1S/C9H10FNO2S/c1-2-14-8-3-5(9(12)13)7(11)4-6(8)10/h3-4H,2,11H2,1H3,(H,12,13). The summed E-state index contributed by atoms with van der Waals surface area (Å²) >= 11 is 1.25. The molecule has 76 valence electrons. The number of nitrogens with two attached hydrogens (primary N) is 1. The van der Waals surface area contributed by atoms with Gasteiger partial charge < -0.3 is 10.8 Å². The largest absolute Gasteiger partial charge is 0.478 e. The number of carboxylic acids is 1. The fourth-order valence-corrected chi connectivity index (χ4v) is 1.73. The van der Waals surface area contributed by atoms with Gasteiger partial charge >= 0.3 is 5.97 Å². The van der Waals surface area contributed by atoms with Gasteiger partial charge in [0.2, 0.25) is 0 Å². The predicted molar refractivity (Wildman–Crippen MR) is 54.2 cm³/mol. The molecule has 1 aromatic carbocycles. The minimum absolute atomic E-state index is 0.0459. The van der Waals surface area contributed by atoms with Gasteiger partial charge in [-0.15, -0.1) is 11.8 Å². The van der Waals surface area contributed by atoms with Crippen molar-refractivity contribution >= 4 is 23.4 Å². The zero-order valence-electron chi connectivity index (χ0n) is 7.58. The van der Waals surface area contributed by atoms with Crippen LogP contribution >= 0.6 is 11.8 Å². The van der Waals surface area contributed by atoms with Crippen molar-refractivity contribution < 1.29 is 14.3 Å². The van der Waals surface area contributed by atoms with Crippen LogP contribution in [0.2, 0.25) is 0 Å². The first kappa shape index (κ1) is 10.8. The summed E-state index contributed by atoms with van der Waals surface area (Å²) in [7, 11) is 0. The molecule has 0 atom stereocenters. The number of carboxylic acid groups (broad SMARTS) is 1.